The Hall–Kier alpha value is -2.10. The molecule has 1 aromatic carbocycles. The first-order valence-corrected chi connectivity index (χ1v) is 6.45. The molecule has 0 unspecified atom stereocenters. The van der Waals surface area contributed by atoms with Crippen molar-refractivity contribution in [3.63, 3.8) is 0 Å². The number of hydrogen-bond donors (Lipinski definition) is 1. The molecule has 19 heavy (non-hydrogen) atoms. The summed E-state index contributed by atoms with van der Waals surface area (Å²) in [4.78, 5) is 11.2. The highest BCUT2D eigenvalue weighted by Crippen LogP contribution is 2.20. The van der Waals surface area contributed by atoms with E-state index in [1.54, 1.807) is 10.9 Å². The Morgan fingerprint density at radius 1 is 1.32 bits per heavy atom. The lowest BCUT2D eigenvalue weighted by molar-refractivity contribution is 0.0695. The molecule has 0 aliphatic rings. The second kappa shape index (κ2) is 5.26. The van der Waals surface area contributed by atoms with E-state index in [0.717, 1.165) is 12.1 Å². The van der Waals surface area contributed by atoms with Gasteiger partial charge in [-0.1, -0.05) is 32.9 Å². The van der Waals surface area contributed by atoms with Crippen LogP contribution in [0.15, 0.2) is 30.5 Å². The van der Waals surface area contributed by atoms with Gasteiger partial charge in [0, 0.05) is 6.20 Å². The third-order valence-electron chi connectivity index (χ3n) is 3.13. The van der Waals surface area contributed by atoms with Crippen LogP contribution in [0.25, 0.3) is 5.69 Å². The number of rotatable bonds is 4. The molecule has 0 spiro atoms. The molecule has 1 heterocycles. The van der Waals surface area contributed by atoms with Gasteiger partial charge < -0.3 is 5.11 Å². The van der Waals surface area contributed by atoms with Crippen LogP contribution in [0.2, 0.25) is 0 Å². The van der Waals surface area contributed by atoms with Gasteiger partial charge in [0.25, 0.3) is 0 Å². The number of nitrogens with zero attached hydrogens (tertiary/aromatic N) is 2. The maximum atomic E-state index is 11.2. The molecule has 0 aliphatic carbocycles. The number of carboxylic acid groups (broad SMARTS) is 1. The van der Waals surface area contributed by atoms with Gasteiger partial charge in [-0.25, -0.2) is 9.48 Å². The first-order valence-electron chi connectivity index (χ1n) is 6.45. The quantitative estimate of drug-likeness (QED) is 0.915. The van der Waals surface area contributed by atoms with Crippen molar-refractivity contribution in [2.24, 2.45) is 0 Å². The number of carbonyl (C=O) groups is 1. The zero-order chi connectivity index (χ0) is 14.0. The maximum Gasteiger partial charge on any atom is 0.339 e. The van der Waals surface area contributed by atoms with Crippen molar-refractivity contribution in [2.45, 2.75) is 33.1 Å². The van der Waals surface area contributed by atoms with E-state index >= 15 is 0 Å². The zero-order valence-electron chi connectivity index (χ0n) is 11.4. The minimum atomic E-state index is -0.930. The molecule has 2 rings (SSSR count). The van der Waals surface area contributed by atoms with Crippen LogP contribution in [0.1, 0.15) is 48.3 Å². The van der Waals surface area contributed by atoms with Crippen molar-refractivity contribution in [3.05, 3.63) is 47.3 Å². The SMILES string of the molecule is CCc1ccc(-n2cc(C(=O)O)c(C(C)C)n2)cc1. The summed E-state index contributed by atoms with van der Waals surface area (Å²) in [5.74, 6) is -0.845. The molecule has 1 aromatic heterocycles. The van der Waals surface area contributed by atoms with Gasteiger partial charge in [-0.15, -0.1) is 0 Å². The summed E-state index contributed by atoms with van der Waals surface area (Å²) in [6.07, 6.45) is 2.57. The van der Waals surface area contributed by atoms with E-state index in [4.69, 9.17) is 0 Å². The Bertz CT molecular complexity index is 583. The number of aromatic nitrogens is 2. The van der Waals surface area contributed by atoms with E-state index in [0.29, 0.717) is 5.69 Å². The minimum Gasteiger partial charge on any atom is -0.478 e. The molecule has 0 fully saturated rings. The minimum absolute atomic E-state index is 0.0854. The molecular formula is C15H18N2O2. The van der Waals surface area contributed by atoms with E-state index in [1.807, 2.05) is 38.1 Å². The predicted octanol–water partition coefficient (Wildman–Crippen LogP) is 3.26. The lowest BCUT2D eigenvalue weighted by Gasteiger charge is -2.03. The Balaban J connectivity index is 2.44. The van der Waals surface area contributed by atoms with E-state index < -0.39 is 5.97 Å². The first-order chi connectivity index (χ1) is 9.02. The normalized spacial score (nSPS) is 10.9. The lowest BCUT2D eigenvalue weighted by atomic mass is 10.1. The summed E-state index contributed by atoms with van der Waals surface area (Å²) in [5, 5.41) is 13.6. The number of aryl methyl sites for hydroxylation is 1. The largest absolute Gasteiger partial charge is 0.478 e. The third-order valence-corrected chi connectivity index (χ3v) is 3.13. The average molecular weight is 258 g/mol. The fourth-order valence-corrected chi connectivity index (χ4v) is 2.00. The fraction of sp³-hybridized carbons (Fsp3) is 0.333. The summed E-state index contributed by atoms with van der Waals surface area (Å²) in [6.45, 7) is 5.99. The Morgan fingerprint density at radius 2 is 1.95 bits per heavy atom. The van der Waals surface area contributed by atoms with E-state index in [-0.39, 0.29) is 11.5 Å². The van der Waals surface area contributed by atoms with Crippen molar-refractivity contribution in [3.8, 4) is 5.69 Å². The summed E-state index contributed by atoms with van der Waals surface area (Å²) < 4.78 is 1.64. The van der Waals surface area contributed by atoms with Crippen LogP contribution in [0, 0.1) is 0 Å². The number of aromatic carboxylic acids is 1. The highest BCUT2D eigenvalue weighted by Gasteiger charge is 2.18. The molecule has 4 nitrogen and oxygen atoms in total. The van der Waals surface area contributed by atoms with Gasteiger partial charge in [-0.2, -0.15) is 5.10 Å². The number of carboxylic acids is 1. The van der Waals surface area contributed by atoms with E-state index in [2.05, 4.69) is 12.0 Å². The number of benzene rings is 1. The van der Waals surface area contributed by atoms with Gasteiger partial charge in [0.05, 0.1) is 11.4 Å². The molecule has 1 N–H and O–H groups in total. The Labute approximate surface area is 112 Å². The smallest absolute Gasteiger partial charge is 0.339 e. The van der Waals surface area contributed by atoms with E-state index in [1.165, 1.54) is 5.56 Å². The maximum absolute atomic E-state index is 11.2. The third kappa shape index (κ3) is 2.67. The van der Waals surface area contributed by atoms with Gasteiger partial charge in [0.2, 0.25) is 0 Å². The molecule has 0 aliphatic heterocycles. The molecule has 0 bridgehead atoms. The van der Waals surface area contributed by atoms with Gasteiger partial charge in [0.15, 0.2) is 0 Å². The van der Waals surface area contributed by atoms with Crippen LogP contribution in [-0.2, 0) is 6.42 Å². The molecule has 0 saturated carbocycles. The second-order valence-corrected chi connectivity index (χ2v) is 4.85. The van der Waals surface area contributed by atoms with Crippen molar-refractivity contribution in [1.82, 2.24) is 9.78 Å². The van der Waals surface area contributed by atoms with Crippen LogP contribution >= 0.6 is 0 Å². The highest BCUT2D eigenvalue weighted by atomic mass is 16.4. The second-order valence-electron chi connectivity index (χ2n) is 4.85. The van der Waals surface area contributed by atoms with Gasteiger partial charge >= 0.3 is 5.97 Å². The summed E-state index contributed by atoms with van der Waals surface area (Å²) in [6, 6.07) is 7.99. The van der Waals surface area contributed by atoms with Crippen molar-refractivity contribution >= 4 is 5.97 Å². The van der Waals surface area contributed by atoms with Crippen molar-refractivity contribution in [2.75, 3.05) is 0 Å². The predicted molar refractivity (Wildman–Crippen MR) is 74.0 cm³/mol. The van der Waals surface area contributed by atoms with Crippen LogP contribution < -0.4 is 0 Å². The van der Waals surface area contributed by atoms with Crippen LogP contribution in [0.5, 0.6) is 0 Å². The lowest BCUT2D eigenvalue weighted by Crippen LogP contribution is -2.01. The van der Waals surface area contributed by atoms with Crippen molar-refractivity contribution < 1.29 is 9.90 Å². The van der Waals surface area contributed by atoms with Gasteiger partial charge in [-0.3, -0.25) is 0 Å². The molecule has 0 radical (unpaired) electrons. The molecule has 0 atom stereocenters. The van der Waals surface area contributed by atoms with E-state index in [9.17, 15) is 9.90 Å². The Morgan fingerprint density at radius 3 is 2.37 bits per heavy atom. The topological polar surface area (TPSA) is 55.1 Å². The molecular weight excluding hydrogens is 240 g/mol. The highest BCUT2D eigenvalue weighted by molar-refractivity contribution is 5.89. The molecule has 0 amide bonds. The van der Waals surface area contributed by atoms with Crippen molar-refractivity contribution in [1.29, 1.82) is 0 Å². The molecule has 4 heteroatoms. The number of hydrogen-bond acceptors (Lipinski definition) is 2. The molecule has 2 aromatic rings. The van der Waals surface area contributed by atoms with Crippen LogP contribution in [0.3, 0.4) is 0 Å². The molecule has 100 valence electrons. The van der Waals surface area contributed by atoms with Crippen LogP contribution in [0.4, 0.5) is 0 Å². The molecule has 0 saturated heterocycles. The van der Waals surface area contributed by atoms with Gasteiger partial charge in [-0.05, 0) is 30.0 Å². The Kier molecular flexibility index (Phi) is 3.69. The summed E-state index contributed by atoms with van der Waals surface area (Å²) >= 11 is 0. The standard InChI is InChI=1S/C15H18N2O2/c1-4-11-5-7-12(8-6-11)17-9-13(15(18)19)14(16-17)10(2)3/h5-10H,4H2,1-3H3,(H,18,19). The first kappa shape index (κ1) is 13.3. The zero-order valence-corrected chi connectivity index (χ0v) is 11.4. The fourth-order valence-electron chi connectivity index (χ4n) is 2.00. The average Bonchev–Trinajstić information content (AvgIpc) is 2.84. The monoisotopic (exact) mass is 258 g/mol. The van der Waals surface area contributed by atoms with Gasteiger partial charge in [0.1, 0.15) is 5.56 Å². The van der Waals surface area contributed by atoms with Crippen LogP contribution in [-0.4, -0.2) is 20.9 Å². The summed E-state index contributed by atoms with van der Waals surface area (Å²) in [7, 11) is 0. The summed E-state index contributed by atoms with van der Waals surface area (Å²) in [5.41, 5.74) is 3.02.